The molecule has 0 fully saturated rings. The number of ether oxygens (including phenoxy) is 1. The molecule has 1 aliphatic heterocycles. The first-order valence-corrected chi connectivity index (χ1v) is 7.01. The first kappa shape index (κ1) is 16.0. The molecule has 0 bridgehead atoms. The summed E-state index contributed by atoms with van der Waals surface area (Å²) in [5.41, 5.74) is 1.32. The van der Waals surface area contributed by atoms with Crippen LogP contribution in [-0.2, 0) is 9.53 Å². The van der Waals surface area contributed by atoms with Crippen molar-refractivity contribution < 1.29 is 18.7 Å². The quantitative estimate of drug-likeness (QED) is 0.874. The second kappa shape index (κ2) is 6.17. The summed E-state index contributed by atoms with van der Waals surface area (Å²) < 4.78 is 18.3. The summed E-state index contributed by atoms with van der Waals surface area (Å²) >= 11 is 0. The van der Waals surface area contributed by atoms with Crippen LogP contribution < -0.4 is 5.32 Å². The summed E-state index contributed by atoms with van der Waals surface area (Å²) in [6, 6.07) is 4.63. The number of esters is 1. The average Bonchev–Trinajstić information content (AvgIpc) is 2.45. The normalized spacial score (nSPS) is 18.5. The minimum Gasteiger partial charge on any atom is -0.466 e. The number of hydrogen-bond donors (Lipinski definition) is 1. The molecule has 0 radical (unpaired) electrons. The molecule has 0 saturated heterocycles. The van der Waals surface area contributed by atoms with Gasteiger partial charge in [0.05, 0.1) is 18.7 Å². The summed E-state index contributed by atoms with van der Waals surface area (Å²) in [5.74, 6) is -0.975. The molecule has 1 heterocycles. The Kier molecular flexibility index (Phi) is 4.49. The lowest BCUT2D eigenvalue weighted by molar-refractivity contribution is -0.136. The van der Waals surface area contributed by atoms with E-state index in [0.29, 0.717) is 16.8 Å². The predicted molar refractivity (Wildman–Crippen MR) is 79.4 cm³/mol. The molecule has 0 unspecified atom stereocenters. The lowest BCUT2D eigenvalue weighted by Crippen LogP contribution is -2.50. The van der Waals surface area contributed by atoms with Crippen LogP contribution >= 0.6 is 0 Å². The molecule has 118 valence electrons. The third-order valence-corrected chi connectivity index (χ3v) is 3.63. The zero-order valence-electron chi connectivity index (χ0n) is 13.0. The number of methoxy groups -OCH3 is 1. The van der Waals surface area contributed by atoms with Gasteiger partial charge in [-0.2, -0.15) is 0 Å². The zero-order chi connectivity index (χ0) is 16.4. The van der Waals surface area contributed by atoms with Crippen LogP contribution in [0.15, 0.2) is 35.5 Å². The van der Waals surface area contributed by atoms with Gasteiger partial charge in [-0.25, -0.2) is 14.0 Å². The van der Waals surface area contributed by atoms with E-state index in [2.05, 4.69) is 5.32 Å². The van der Waals surface area contributed by atoms with Crippen molar-refractivity contribution >= 4 is 12.0 Å². The van der Waals surface area contributed by atoms with Gasteiger partial charge in [0, 0.05) is 11.7 Å². The van der Waals surface area contributed by atoms with Crippen LogP contribution in [0.3, 0.4) is 0 Å². The molecule has 6 heteroatoms. The van der Waals surface area contributed by atoms with Gasteiger partial charge in [0.25, 0.3) is 0 Å². The highest BCUT2D eigenvalue weighted by Gasteiger charge is 2.37. The number of amides is 2. The Labute approximate surface area is 128 Å². The van der Waals surface area contributed by atoms with Crippen LogP contribution in [0.2, 0.25) is 0 Å². The van der Waals surface area contributed by atoms with E-state index in [-0.39, 0.29) is 12.1 Å². The van der Waals surface area contributed by atoms with Gasteiger partial charge >= 0.3 is 12.0 Å². The monoisotopic (exact) mass is 306 g/mol. The highest BCUT2D eigenvalue weighted by atomic mass is 19.1. The van der Waals surface area contributed by atoms with E-state index >= 15 is 0 Å². The van der Waals surface area contributed by atoms with Crippen LogP contribution in [0.5, 0.6) is 0 Å². The van der Waals surface area contributed by atoms with Crippen molar-refractivity contribution in [2.75, 3.05) is 7.11 Å². The number of halogens is 1. The largest absolute Gasteiger partial charge is 0.466 e. The molecule has 0 aliphatic carbocycles. The maximum Gasteiger partial charge on any atom is 0.337 e. The van der Waals surface area contributed by atoms with Crippen molar-refractivity contribution in [1.29, 1.82) is 0 Å². The number of benzene rings is 1. The molecule has 5 nitrogen and oxygen atoms in total. The second-order valence-electron chi connectivity index (χ2n) is 5.39. The Hall–Kier alpha value is -2.37. The van der Waals surface area contributed by atoms with Crippen molar-refractivity contribution in [2.45, 2.75) is 32.9 Å². The Balaban J connectivity index is 2.58. The van der Waals surface area contributed by atoms with Crippen molar-refractivity contribution in [3.05, 3.63) is 46.9 Å². The lowest BCUT2D eigenvalue weighted by atomic mass is 9.94. The highest BCUT2D eigenvalue weighted by Crippen LogP contribution is 2.32. The van der Waals surface area contributed by atoms with E-state index in [1.807, 2.05) is 13.8 Å². The number of urea groups is 1. The van der Waals surface area contributed by atoms with Gasteiger partial charge in [0.15, 0.2) is 0 Å². The molecule has 1 atom stereocenters. The van der Waals surface area contributed by atoms with E-state index in [9.17, 15) is 14.0 Å². The third kappa shape index (κ3) is 2.81. The Morgan fingerprint density at radius 1 is 1.41 bits per heavy atom. The maximum atomic E-state index is 13.5. The topological polar surface area (TPSA) is 58.6 Å². The fourth-order valence-corrected chi connectivity index (χ4v) is 2.69. The summed E-state index contributed by atoms with van der Waals surface area (Å²) in [7, 11) is 1.28. The molecule has 2 rings (SSSR count). The first-order chi connectivity index (χ1) is 10.4. The number of carbonyl (C=O) groups excluding carboxylic acids is 2. The Morgan fingerprint density at radius 2 is 2.09 bits per heavy atom. The molecule has 1 N–H and O–H groups in total. The van der Waals surface area contributed by atoms with E-state index in [0.717, 1.165) is 0 Å². The van der Waals surface area contributed by atoms with Gasteiger partial charge in [-0.1, -0.05) is 12.1 Å². The number of hydrogen-bond acceptors (Lipinski definition) is 3. The van der Waals surface area contributed by atoms with E-state index in [1.54, 1.807) is 13.0 Å². The highest BCUT2D eigenvalue weighted by molar-refractivity contribution is 5.95. The van der Waals surface area contributed by atoms with Gasteiger partial charge in [-0.15, -0.1) is 0 Å². The minimum absolute atomic E-state index is 0.117. The van der Waals surface area contributed by atoms with Gasteiger partial charge in [-0.05, 0) is 38.5 Å². The molecule has 1 aromatic rings. The minimum atomic E-state index is -0.731. The van der Waals surface area contributed by atoms with Crippen LogP contribution in [-0.4, -0.2) is 30.1 Å². The summed E-state index contributed by atoms with van der Waals surface area (Å²) in [5, 5.41) is 2.75. The number of allylic oxidation sites excluding steroid dienone is 1. The molecular weight excluding hydrogens is 287 g/mol. The van der Waals surface area contributed by atoms with Crippen LogP contribution in [0.25, 0.3) is 0 Å². The molecule has 0 aromatic heterocycles. The molecule has 1 aliphatic rings. The maximum absolute atomic E-state index is 13.5. The molecule has 1 aromatic carbocycles. The number of nitrogens with zero attached hydrogens (tertiary/aromatic N) is 1. The third-order valence-electron chi connectivity index (χ3n) is 3.63. The SMILES string of the molecule is COC(=O)C1=C(C)N(C(C)C)C(=O)N[C@@H]1c1cccc(F)c1. The Bertz CT molecular complexity index is 640. The van der Waals surface area contributed by atoms with Crippen LogP contribution in [0.1, 0.15) is 32.4 Å². The predicted octanol–water partition coefficient (Wildman–Crippen LogP) is 2.75. The number of carbonyl (C=O) groups is 2. The van der Waals surface area contributed by atoms with Gasteiger partial charge in [0.1, 0.15) is 5.82 Å². The molecule has 22 heavy (non-hydrogen) atoms. The van der Waals surface area contributed by atoms with E-state index in [4.69, 9.17) is 4.74 Å². The summed E-state index contributed by atoms with van der Waals surface area (Å²) in [6.07, 6.45) is 0. The summed E-state index contributed by atoms with van der Waals surface area (Å²) in [4.78, 5) is 26.0. The molecular formula is C16H19FN2O3. The smallest absolute Gasteiger partial charge is 0.337 e. The van der Waals surface area contributed by atoms with E-state index in [1.165, 1.54) is 30.2 Å². The molecule has 2 amide bonds. The van der Waals surface area contributed by atoms with Crippen LogP contribution in [0, 0.1) is 5.82 Å². The first-order valence-electron chi connectivity index (χ1n) is 7.01. The van der Waals surface area contributed by atoms with Gasteiger partial charge < -0.3 is 10.1 Å². The van der Waals surface area contributed by atoms with Gasteiger partial charge in [-0.3, -0.25) is 4.90 Å². The molecule has 0 saturated carbocycles. The second-order valence-corrected chi connectivity index (χ2v) is 5.39. The van der Waals surface area contributed by atoms with Crippen LogP contribution in [0.4, 0.5) is 9.18 Å². The fourth-order valence-electron chi connectivity index (χ4n) is 2.69. The Morgan fingerprint density at radius 3 is 2.64 bits per heavy atom. The van der Waals surface area contributed by atoms with Crippen molar-refractivity contribution in [3.8, 4) is 0 Å². The van der Waals surface area contributed by atoms with Crippen molar-refractivity contribution in [1.82, 2.24) is 10.2 Å². The molecule has 0 spiro atoms. The zero-order valence-corrected chi connectivity index (χ0v) is 13.0. The average molecular weight is 306 g/mol. The number of nitrogens with one attached hydrogen (secondary N) is 1. The fraction of sp³-hybridized carbons (Fsp3) is 0.375. The van der Waals surface area contributed by atoms with E-state index < -0.39 is 17.8 Å². The standard InChI is InChI=1S/C16H19FN2O3/c1-9(2)19-10(3)13(15(20)22-4)14(18-16(19)21)11-6-5-7-12(17)8-11/h5-9,14H,1-4H3,(H,18,21)/t14-/m1/s1. The van der Waals surface area contributed by atoms with Gasteiger partial charge in [0.2, 0.25) is 0 Å². The van der Waals surface area contributed by atoms with Crippen molar-refractivity contribution in [2.24, 2.45) is 0 Å². The van der Waals surface area contributed by atoms with Crippen molar-refractivity contribution in [3.63, 3.8) is 0 Å². The summed E-state index contributed by atoms with van der Waals surface area (Å²) in [6.45, 7) is 5.39. The lowest BCUT2D eigenvalue weighted by Gasteiger charge is -2.37. The number of rotatable bonds is 3.